The number of aryl methyl sites for hydroxylation is 2. The van der Waals surface area contributed by atoms with Gasteiger partial charge in [-0.1, -0.05) is 30.7 Å². The van der Waals surface area contributed by atoms with Crippen molar-refractivity contribution < 1.29 is 28.7 Å². The van der Waals surface area contributed by atoms with Crippen molar-refractivity contribution in [2.24, 2.45) is 0 Å². The van der Waals surface area contributed by atoms with Crippen molar-refractivity contribution in [2.45, 2.75) is 40.0 Å². The first-order chi connectivity index (χ1) is 12.1. The predicted octanol–water partition coefficient (Wildman–Crippen LogP) is 4.78. The molecule has 6 nitrogen and oxygen atoms in total. The molecular weight excluding hydrogens is 355 g/mol. The van der Waals surface area contributed by atoms with Gasteiger partial charge in [-0.25, -0.2) is 4.57 Å². The average molecular weight is 380 g/mol. The third-order valence-electron chi connectivity index (χ3n) is 4.22. The molecule has 0 aliphatic carbocycles. The van der Waals surface area contributed by atoms with Gasteiger partial charge in [0, 0.05) is 7.11 Å². The van der Waals surface area contributed by atoms with E-state index in [9.17, 15) is 14.6 Å². The van der Waals surface area contributed by atoms with E-state index in [4.69, 9.17) is 4.89 Å². The molecule has 2 aromatic carbocycles. The highest BCUT2D eigenvalue weighted by atomic mass is 31.2. The van der Waals surface area contributed by atoms with Gasteiger partial charge in [0.25, 0.3) is 0 Å². The van der Waals surface area contributed by atoms with Gasteiger partial charge in [0.05, 0.1) is 0 Å². The summed E-state index contributed by atoms with van der Waals surface area (Å²) in [7, 11) is -3.14. The van der Waals surface area contributed by atoms with Crippen LogP contribution in [0.3, 0.4) is 0 Å². The Hall–Kier alpha value is -1.85. The van der Waals surface area contributed by atoms with Crippen LogP contribution >= 0.6 is 7.82 Å². The Kier molecular flexibility index (Phi) is 6.48. The third-order valence-corrected chi connectivity index (χ3v) is 4.95. The van der Waals surface area contributed by atoms with Crippen molar-refractivity contribution in [2.75, 3.05) is 7.11 Å². The first kappa shape index (κ1) is 20.5. The van der Waals surface area contributed by atoms with Crippen LogP contribution in [0.4, 0.5) is 0 Å². The highest BCUT2D eigenvalue weighted by Crippen LogP contribution is 2.42. The molecular formula is C19H25O6P. The van der Waals surface area contributed by atoms with Gasteiger partial charge in [-0.15, -0.1) is 0 Å². The Bertz CT molecular complexity index is 808. The van der Waals surface area contributed by atoms with Crippen LogP contribution in [0.25, 0.3) is 0 Å². The van der Waals surface area contributed by atoms with Gasteiger partial charge in [0.2, 0.25) is 0 Å². The monoisotopic (exact) mass is 380 g/mol. The number of benzene rings is 2. The number of rotatable bonds is 7. The molecule has 0 bridgehead atoms. The van der Waals surface area contributed by atoms with Crippen molar-refractivity contribution >= 4 is 7.82 Å². The van der Waals surface area contributed by atoms with Gasteiger partial charge in [0.1, 0.15) is 5.75 Å². The lowest BCUT2D eigenvalue weighted by molar-refractivity contribution is -0.125. The summed E-state index contributed by atoms with van der Waals surface area (Å²) in [5.41, 5.74) is 5.07. The maximum atomic E-state index is 11.3. The molecule has 0 saturated heterocycles. The molecule has 0 aliphatic rings. The molecule has 2 aromatic rings. The molecule has 1 unspecified atom stereocenters. The van der Waals surface area contributed by atoms with E-state index in [-0.39, 0.29) is 5.92 Å². The van der Waals surface area contributed by atoms with Crippen LogP contribution in [-0.2, 0) is 20.2 Å². The Morgan fingerprint density at radius 1 is 1.12 bits per heavy atom. The molecule has 0 saturated carbocycles. The Morgan fingerprint density at radius 2 is 1.73 bits per heavy atom. The van der Waals surface area contributed by atoms with Crippen molar-refractivity contribution in [3.63, 3.8) is 0 Å². The van der Waals surface area contributed by atoms with E-state index in [0.717, 1.165) is 34.9 Å². The first-order valence-corrected chi connectivity index (χ1v) is 9.79. The molecule has 0 aromatic heterocycles. The van der Waals surface area contributed by atoms with E-state index in [0.29, 0.717) is 17.9 Å². The molecule has 0 aliphatic heterocycles. The summed E-state index contributed by atoms with van der Waals surface area (Å²) >= 11 is 0. The van der Waals surface area contributed by atoms with Gasteiger partial charge in [0.15, 0.2) is 5.75 Å². The van der Waals surface area contributed by atoms with Gasteiger partial charge >= 0.3 is 7.82 Å². The number of phenols is 1. The molecule has 26 heavy (non-hydrogen) atoms. The molecule has 0 amide bonds. The van der Waals surface area contributed by atoms with E-state index in [1.807, 2.05) is 39.8 Å². The Morgan fingerprint density at radius 3 is 2.27 bits per heavy atom. The average Bonchev–Trinajstić information content (AvgIpc) is 2.57. The molecule has 0 heterocycles. The molecule has 1 atom stereocenters. The molecule has 2 rings (SSSR count). The van der Waals surface area contributed by atoms with Crippen LogP contribution in [0, 0.1) is 13.8 Å². The fourth-order valence-electron chi connectivity index (χ4n) is 2.78. The Labute approximate surface area is 153 Å². The van der Waals surface area contributed by atoms with E-state index < -0.39 is 7.82 Å². The lowest BCUT2D eigenvalue weighted by atomic mass is 9.93. The highest BCUT2D eigenvalue weighted by Gasteiger charge is 2.21. The second kappa shape index (κ2) is 8.23. The topological polar surface area (TPSA) is 85.2 Å². The number of phosphoric ester groups is 1. The van der Waals surface area contributed by atoms with Crippen LogP contribution in [0.2, 0.25) is 0 Å². The minimum Gasteiger partial charge on any atom is -0.508 e. The summed E-state index contributed by atoms with van der Waals surface area (Å²) in [6.45, 7) is 7.96. The number of aromatic hydroxyl groups is 1. The van der Waals surface area contributed by atoms with Crippen LogP contribution in [-0.4, -0.2) is 17.1 Å². The number of hydrogen-bond donors (Lipinski definition) is 2. The molecule has 7 heteroatoms. The summed E-state index contributed by atoms with van der Waals surface area (Å²) in [5, 5.41) is 9.98. The summed E-state index contributed by atoms with van der Waals surface area (Å²) in [5.74, 6) is 0.869. The molecule has 0 spiro atoms. The largest absolute Gasteiger partial charge is 0.508 e. The summed E-state index contributed by atoms with van der Waals surface area (Å²) in [6.07, 6.45) is 0.704. The predicted molar refractivity (Wildman–Crippen MR) is 99.5 cm³/mol. The maximum absolute atomic E-state index is 11.3. The van der Waals surface area contributed by atoms with E-state index in [1.165, 1.54) is 0 Å². The SMILES string of the molecule is COP(=O)(O)OOc1cc(C)c(Cc2ccc(O)c(C(C)C)c2)c(C)c1. The first-order valence-electron chi connectivity index (χ1n) is 8.29. The van der Waals surface area contributed by atoms with Gasteiger partial charge in [-0.3, -0.25) is 4.52 Å². The van der Waals surface area contributed by atoms with Crippen LogP contribution in [0.1, 0.15) is 47.6 Å². The van der Waals surface area contributed by atoms with Crippen LogP contribution in [0.5, 0.6) is 11.5 Å². The third kappa shape index (κ3) is 5.08. The number of phenolic OH excluding ortho intramolecular Hbond substituents is 1. The van der Waals surface area contributed by atoms with Gasteiger partial charge in [-0.05, 0) is 72.2 Å². The van der Waals surface area contributed by atoms with Crippen molar-refractivity contribution in [1.29, 1.82) is 0 Å². The quantitative estimate of drug-likeness (QED) is 0.408. The molecule has 2 N–H and O–H groups in total. The zero-order valence-corrected chi connectivity index (χ0v) is 16.5. The highest BCUT2D eigenvalue weighted by molar-refractivity contribution is 7.47. The zero-order valence-electron chi connectivity index (χ0n) is 15.6. The lowest BCUT2D eigenvalue weighted by Crippen LogP contribution is -2.01. The smallest absolute Gasteiger partial charge is 0.508 e. The van der Waals surface area contributed by atoms with Crippen molar-refractivity contribution in [3.8, 4) is 11.5 Å². The second-order valence-corrected chi connectivity index (χ2v) is 8.02. The minimum absolute atomic E-state index is 0.236. The number of hydrogen-bond acceptors (Lipinski definition) is 5. The van der Waals surface area contributed by atoms with Crippen LogP contribution < -0.4 is 4.89 Å². The molecule has 0 radical (unpaired) electrons. The maximum Gasteiger partial charge on any atom is 0.508 e. The minimum atomic E-state index is -4.20. The second-order valence-electron chi connectivity index (χ2n) is 6.57. The normalized spacial score (nSPS) is 13.7. The van der Waals surface area contributed by atoms with Gasteiger partial charge < -0.3 is 14.9 Å². The fraction of sp³-hybridized carbons (Fsp3) is 0.368. The van der Waals surface area contributed by atoms with E-state index in [2.05, 4.69) is 9.20 Å². The standard InChI is InChI=1S/C19H25O6P/c1-12(2)17-10-15(6-7-19(17)20)11-18-13(3)8-16(9-14(18)4)24-25-26(21,22)23-5/h6-10,12,20H,11H2,1-5H3,(H,21,22). The zero-order chi connectivity index (χ0) is 19.5. The summed E-state index contributed by atoms with van der Waals surface area (Å²) < 4.78 is 20.1. The summed E-state index contributed by atoms with van der Waals surface area (Å²) in [4.78, 5) is 14.2. The lowest BCUT2D eigenvalue weighted by Gasteiger charge is -2.15. The summed E-state index contributed by atoms with van der Waals surface area (Å²) in [6, 6.07) is 9.13. The van der Waals surface area contributed by atoms with E-state index >= 15 is 0 Å². The Balaban J connectivity index is 2.23. The molecule has 142 valence electrons. The fourth-order valence-corrected chi connectivity index (χ4v) is 3.02. The number of phosphoric acid groups is 1. The van der Waals surface area contributed by atoms with E-state index in [1.54, 1.807) is 18.2 Å². The van der Waals surface area contributed by atoms with Gasteiger partial charge in [-0.2, -0.15) is 0 Å². The van der Waals surface area contributed by atoms with Crippen LogP contribution in [0.15, 0.2) is 30.3 Å². The van der Waals surface area contributed by atoms with Crippen molar-refractivity contribution in [1.82, 2.24) is 0 Å². The van der Waals surface area contributed by atoms with Crippen molar-refractivity contribution in [3.05, 3.63) is 58.1 Å². The molecule has 0 fully saturated rings.